The molecule has 7 heteroatoms. The highest BCUT2D eigenvalue weighted by molar-refractivity contribution is 6.63. The summed E-state index contributed by atoms with van der Waals surface area (Å²) in [7, 11) is 0.693. The van der Waals surface area contributed by atoms with Gasteiger partial charge in [-0.05, 0) is 63.5 Å². The molecule has 1 saturated heterocycles. The van der Waals surface area contributed by atoms with E-state index in [-0.39, 0.29) is 5.91 Å². The molecule has 3 rings (SSSR count). The fraction of sp³-hybridized carbons (Fsp3) is 0.333. The van der Waals surface area contributed by atoms with Gasteiger partial charge in [0.05, 0.1) is 23.9 Å². The van der Waals surface area contributed by atoms with Gasteiger partial charge in [-0.1, -0.05) is 18.2 Å². The molecule has 0 saturated carbocycles. The summed E-state index contributed by atoms with van der Waals surface area (Å²) in [4.78, 5) is 24.4. The first-order valence-electron chi connectivity index (χ1n) is 9.09. The predicted octanol–water partition coefficient (Wildman–Crippen LogP) is 3.02. The third-order valence-electron chi connectivity index (χ3n) is 5.28. The molecule has 6 nitrogen and oxygen atoms in total. The SMILES string of the molecule is COC(=O)c1ccc(NC(=O)c2ccccc2B2OC(C)(C)C(C)(C)O2)cc1. The summed E-state index contributed by atoms with van der Waals surface area (Å²) < 4.78 is 16.9. The van der Waals surface area contributed by atoms with Gasteiger partial charge in [0, 0.05) is 11.3 Å². The number of carbonyl (C=O) groups excluding carboxylic acids is 2. The summed E-state index contributed by atoms with van der Waals surface area (Å²) >= 11 is 0. The van der Waals surface area contributed by atoms with Crippen LogP contribution in [0.5, 0.6) is 0 Å². The van der Waals surface area contributed by atoms with Gasteiger partial charge in [-0.25, -0.2) is 4.79 Å². The van der Waals surface area contributed by atoms with Crippen LogP contribution < -0.4 is 10.8 Å². The fourth-order valence-corrected chi connectivity index (χ4v) is 2.89. The first-order chi connectivity index (χ1) is 13.1. The molecule has 1 aliphatic heterocycles. The van der Waals surface area contributed by atoms with Crippen LogP contribution in [0.25, 0.3) is 0 Å². The molecule has 1 heterocycles. The van der Waals surface area contributed by atoms with Crippen molar-refractivity contribution in [3.8, 4) is 0 Å². The van der Waals surface area contributed by atoms with Crippen molar-refractivity contribution >= 4 is 30.1 Å². The molecule has 0 aliphatic carbocycles. The summed E-state index contributed by atoms with van der Waals surface area (Å²) in [5.74, 6) is -0.708. The zero-order valence-corrected chi connectivity index (χ0v) is 16.7. The van der Waals surface area contributed by atoms with Gasteiger partial charge < -0.3 is 19.4 Å². The average molecular weight is 381 g/mol. The Kier molecular flexibility index (Phi) is 5.32. The minimum absolute atomic E-state index is 0.281. The summed E-state index contributed by atoms with van der Waals surface area (Å²) in [6.07, 6.45) is 0. The first kappa shape index (κ1) is 20.1. The van der Waals surface area contributed by atoms with E-state index in [0.29, 0.717) is 22.3 Å². The lowest BCUT2D eigenvalue weighted by Gasteiger charge is -2.32. The lowest BCUT2D eigenvalue weighted by atomic mass is 9.75. The van der Waals surface area contributed by atoms with Crippen molar-refractivity contribution in [3.05, 3.63) is 59.7 Å². The van der Waals surface area contributed by atoms with Gasteiger partial charge in [-0.2, -0.15) is 0 Å². The number of hydrogen-bond acceptors (Lipinski definition) is 5. The van der Waals surface area contributed by atoms with Crippen LogP contribution in [0.3, 0.4) is 0 Å². The largest absolute Gasteiger partial charge is 0.495 e. The van der Waals surface area contributed by atoms with Crippen molar-refractivity contribution in [2.45, 2.75) is 38.9 Å². The average Bonchev–Trinajstić information content (AvgIpc) is 2.89. The lowest BCUT2D eigenvalue weighted by Crippen LogP contribution is -2.41. The summed E-state index contributed by atoms with van der Waals surface area (Å²) in [5, 5.41) is 2.85. The van der Waals surface area contributed by atoms with Crippen molar-refractivity contribution in [2.24, 2.45) is 0 Å². The van der Waals surface area contributed by atoms with E-state index in [0.717, 1.165) is 0 Å². The quantitative estimate of drug-likeness (QED) is 0.651. The normalized spacial score (nSPS) is 17.2. The minimum Gasteiger partial charge on any atom is -0.465 e. The van der Waals surface area contributed by atoms with E-state index in [1.54, 1.807) is 36.4 Å². The first-order valence-corrected chi connectivity index (χ1v) is 9.09. The number of rotatable bonds is 4. The monoisotopic (exact) mass is 381 g/mol. The molecule has 2 aromatic carbocycles. The highest BCUT2D eigenvalue weighted by Gasteiger charge is 2.52. The fourth-order valence-electron chi connectivity index (χ4n) is 2.89. The molecule has 0 atom stereocenters. The summed E-state index contributed by atoms with van der Waals surface area (Å²) in [5.41, 5.74) is 1.14. The molecular weight excluding hydrogens is 357 g/mol. The van der Waals surface area contributed by atoms with E-state index in [2.05, 4.69) is 10.1 Å². The van der Waals surface area contributed by atoms with E-state index in [1.807, 2.05) is 39.8 Å². The van der Waals surface area contributed by atoms with E-state index >= 15 is 0 Å². The standard InChI is InChI=1S/C21H24BNO5/c1-20(2)21(3,4)28-22(27-20)17-9-7-6-8-16(17)18(24)23-15-12-10-14(11-13-15)19(25)26-5/h6-13H,1-5H3,(H,23,24). The van der Waals surface area contributed by atoms with Crippen LogP contribution in [0.2, 0.25) is 0 Å². The number of hydrogen-bond donors (Lipinski definition) is 1. The van der Waals surface area contributed by atoms with Crippen LogP contribution in [0.1, 0.15) is 48.4 Å². The Morgan fingerprint density at radius 3 is 2.07 bits per heavy atom. The molecule has 2 aromatic rings. The zero-order valence-electron chi connectivity index (χ0n) is 16.7. The van der Waals surface area contributed by atoms with E-state index < -0.39 is 24.3 Å². The van der Waals surface area contributed by atoms with Crippen LogP contribution in [0.15, 0.2) is 48.5 Å². The van der Waals surface area contributed by atoms with Gasteiger partial charge in [0.1, 0.15) is 0 Å². The van der Waals surface area contributed by atoms with E-state index in [4.69, 9.17) is 9.31 Å². The molecule has 1 amide bonds. The highest BCUT2D eigenvalue weighted by atomic mass is 16.7. The van der Waals surface area contributed by atoms with Crippen molar-refractivity contribution in [1.82, 2.24) is 0 Å². The van der Waals surface area contributed by atoms with Crippen LogP contribution in [-0.4, -0.2) is 37.3 Å². The Bertz CT molecular complexity index is 876. The minimum atomic E-state index is -0.631. The van der Waals surface area contributed by atoms with Crippen molar-refractivity contribution in [3.63, 3.8) is 0 Å². The number of ether oxygens (including phenoxy) is 1. The molecule has 0 spiro atoms. The Labute approximate surface area is 165 Å². The van der Waals surface area contributed by atoms with Crippen LogP contribution in [0, 0.1) is 0 Å². The second-order valence-electron chi connectivity index (χ2n) is 7.70. The van der Waals surface area contributed by atoms with Crippen molar-refractivity contribution in [1.29, 1.82) is 0 Å². The summed E-state index contributed by atoms with van der Waals surface area (Å²) in [6.45, 7) is 7.88. The van der Waals surface area contributed by atoms with Gasteiger partial charge in [0.15, 0.2) is 0 Å². The molecule has 1 aliphatic rings. The van der Waals surface area contributed by atoms with E-state index in [9.17, 15) is 9.59 Å². The second-order valence-corrected chi connectivity index (χ2v) is 7.70. The molecule has 1 fully saturated rings. The van der Waals surface area contributed by atoms with Crippen molar-refractivity contribution < 1.29 is 23.6 Å². The molecule has 0 bridgehead atoms. The third-order valence-corrected chi connectivity index (χ3v) is 5.28. The molecule has 1 N–H and O–H groups in total. The number of methoxy groups -OCH3 is 1. The second kappa shape index (κ2) is 7.41. The van der Waals surface area contributed by atoms with Crippen LogP contribution >= 0.6 is 0 Å². The maximum absolute atomic E-state index is 12.9. The Morgan fingerprint density at radius 1 is 0.929 bits per heavy atom. The molecule has 146 valence electrons. The van der Waals surface area contributed by atoms with Gasteiger partial charge in [-0.15, -0.1) is 0 Å². The number of amides is 1. The highest BCUT2D eigenvalue weighted by Crippen LogP contribution is 2.36. The maximum Gasteiger partial charge on any atom is 0.495 e. The lowest BCUT2D eigenvalue weighted by molar-refractivity contribution is 0.00578. The number of esters is 1. The number of benzene rings is 2. The number of carbonyl (C=O) groups is 2. The van der Waals surface area contributed by atoms with E-state index in [1.165, 1.54) is 7.11 Å². The van der Waals surface area contributed by atoms with Crippen LogP contribution in [0.4, 0.5) is 5.69 Å². The summed E-state index contributed by atoms with van der Waals surface area (Å²) in [6, 6.07) is 13.7. The Hall–Kier alpha value is -2.64. The zero-order chi connectivity index (χ0) is 20.5. The van der Waals surface area contributed by atoms with Gasteiger partial charge in [-0.3, -0.25) is 4.79 Å². The van der Waals surface area contributed by atoms with Crippen LogP contribution in [-0.2, 0) is 14.0 Å². The Balaban J connectivity index is 1.81. The molecule has 0 unspecified atom stereocenters. The smallest absolute Gasteiger partial charge is 0.465 e. The maximum atomic E-state index is 12.9. The van der Waals surface area contributed by atoms with Crippen molar-refractivity contribution in [2.75, 3.05) is 12.4 Å². The molecular formula is C21H24BNO5. The Morgan fingerprint density at radius 2 is 1.50 bits per heavy atom. The molecule has 0 radical (unpaired) electrons. The van der Waals surface area contributed by atoms with Gasteiger partial charge in [0.25, 0.3) is 5.91 Å². The number of anilines is 1. The van der Waals surface area contributed by atoms with Gasteiger partial charge in [0.2, 0.25) is 0 Å². The predicted molar refractivity (Wildman–Crippen MR) is 108 cm³/mol. The third kappa shape index (κ3) is 3.81. The number of nitrogens with one attached hydrogen (secondary N) is 1. The topological polar surface area (TPSA) is 73.9 Å². The molecule has 0 aromatic heterocycles. The van der Waals surface area contributed by atoms with Gasteiger partial charge >= 0.3 is 13.1 Å². The molecule has 28 heavy (non-hydrogen) atoms.